The highest BCUT2D eigenvalue weighted by Crippen LogP contribution is 2.26. The summed E-state index contributed by atoms with van der Waals surface area (Å²) in [7, 11) is 0. The summed E-state index contributed by atoms with van der Waals surface area (Å²) in [5.74, 6) is 1.62. The molecule has 1 aliphatic heterocycles. The van der Waals surface area contributed by atoms with E-state index in [9.17, 15) is 4.79 Å². The fourth-order valence-corrected chi connectivity index (χ4v) is 5.05. The van der Waals surface area contributed by atoms with Crippen LogP contribution in [0, 0.1) is 0 Å². The number of carbonyl (C=O) groups excluding carboxylic acids is 1. The number of aromatic nitrogens is 4. The number of rotatable bonds is 7. The molecule has 0 radical (unpaired) electrons. The molecule has 2 atom stereocenters. The Morgan fingerprint density at radius 2 is 1.69 bits per heavy atom. The number of benzene rings is 2. The van der Waals surface area contributed by atoms with E-state index in [1.54, 1.807) is 4.90 Å². The molecule has 1 fully saturated rings. The summed E-state index contributed by atoms with van der Waals surface area (Å²) in [6.07, 6.45) is 2.10. The van der Waals surface area contributed by atoms with E-state index in [2.05, 4.69) is 31.9 Å². The number of thioether (sulfide) groups is 1. The minimum Gasteiger partial charge on any atom is -0.447 e. The molecule has 2 aromatic carbocycles. The van der Waals surface area contributed by atoms with Crippen molar-refractivity contribution in [2.75, 3.05) is 13.1 Å². The Labute approximate surface area is 208 Å². The van der Waals surface area contributed by atoms with Crippen LogP contribution in [0.2, 0.25) is 0 Å². The molecule has 0 saturated carbocycles. The zero-order valence-electron chi connectivity index (χ0n) is 19.7. The van der Waals surface area contributed by atoms with E-state index in [0.29, 0.717) is 36.8 Å². The van der Waals surface area contributed by atoms with Gasteiger partial charge in [0.2, 0.25) is 5.89 Å². The molecule has 1 amide bonds. The van der Waals surface area contributed by atoms with Crippen LogP contribution in [0.5, 0.6) is 0 Å². The number of carbonyl (C=O) groups is 1. The Morgan fingerprint density at radius 1 is 1.00 bits per heavy atom. The maximum absolute atomic E-state index is 12.9. The van der Waals surface area contributed by atoms with Crippen molar-refractivity contribution in [2.24, 2.45) is 0 Å². The van der Waals surface area contributed by atoms with Gasteiger partial charge in [-0.15, -0.1) is 10.2 Å². The van der Waals surface area contributed by atoms with Crippen LogP contribution in [0.3, 0.4) is 0 Å². The third-order valence-corrected chi connectivity index (χ3v) is 6.64. The van der Waals surface area contributed by atoms with E-state index in [1.807, 2.05) is 62.4 Å². The first-order valence-corrected chi connectivity index (χ1v) is 12.6. The minimum atomic E-state index is -0.135. The Balaban J connectivity index is 1.32. The van der Waals surface area contributed by atoms with E-state index < -0.39 is 0 Å². The van der Waals surface area contributed by atoms with E-state index >= 15 is 0 Å². The molecule has 3 heterocycles. The van der Waals surface area contributed by atoms with Gasteiger partial charge in [0.15, 0.2) is 10.9 Å². The van der Waals surface area contributed by atoms with E-state index in [0.717, 1.165) is 22.2 Å². The average Bonchev–Trinajstić information content (AvgIpc) is 3.50. The van der Waals surface area contributed by atoms with E-state index in [4.69, 9.17) is 9.15 Å². The number of amides is 1. The number of para-hydroxylation sites is 1. The van der Waals surface area contributed by atoms with Gasteiger partial charge in [-0.25, -0.2) is 4.98 Å². The predicted molar refractivity (Wildman–Crippen MR) is 133 cm³/mol. The van der Waals surface area contributed by atoms with Gasteiger partial charge in [0, 0.05) is 25.2 Å². The Hall–Kier alpha value is -3.43. The molecule has 180 valence electrons. The van der Waals surface area contributed by atoms with E-state index in [-0.39, 0.29) is 18.1 Å². The Bertz CT molecular complexity index is 1260. The molecular weight excluding hydrogens is 462 g/mol. The number of ether oxygens (including phenoxy) is 1. The smallest absolute Gasteiger partial charge is 0.275 e. The lowest BCUT2D eigenvalue weighted by atomic mass is 10.1. The molecule has 0 aliphatic carbocycles. The second-order valence-electron chi connectivity index (χ2n) is 8.61. The third-order valence-electron chi connectivity index (χ3n) is 5.72. The maximum atomic E-state index is 12.9. The van der Waals surface area contributed by atoms with Crippen LogP contribution in [0.15, 0.2) is 76.5 Å². The molecule has 0 spiro atoms. The lowest BCUT2D eigenvalue weighted by Gasteiger charge is -2.34. The number of morpholine rings is 1. The van der Waals surface area contributed by atoms with Crippen LogP contribution < -0.4 is 0 Å². The normalized spacial score (nSPS) is 18.1. The quantitative estimate of drug-likeness (QED) is 0.356. The van der Waals surface area contributed by atoms with Crippen molar-refractivity contribution >= 4 is 17.7 Å². The van der Waals surface area contributed by atoms with Gasteiger partial charge in [-0.1, -0.05) is 60.3 Å². The van der Waals surface area contributed by atoms with Gasteiger partial charge in [-0.2, -0.15) is 0 Å². The molecule has 2 unspecified atom stereocenters. The van der Waals surface area contributed by atoms with Gasteiger partial charge < -0.3 is 14.1 Å². The molecular formula is C26H27N5O3S. The van der Waals surface area contributed by atoms with Crippen molar-refractivity contribution in [3.8, 4) is 5.69 Å². The molecule has 4 aromatic rings. The van der Waals surface area contributed by atoms with Gasteiger partial charge in [0.1, 0.15) is 12.1 Å². The standard InChI is InChI=1S/C26H27N5O3S/c1-18-14-30(15-19(2)34-18)25(32)22-16-33-24(27-22)17-35-26-29-28-23(13-20-9-5-3-6-10-20)31(26)21-11-7-4-8-12-21/h3-12,16,18-19H,13-15,17H2,1-2H3. The number of nitrogens with zero attached hydrogens (tertiary/aromatic N) is 5. The van der Waals surface area contributed by atoms with Gasteiger partial charge in [-0.3, -0.25) is 9.36 Å². The van der Waals surface area contributed by atoms with Crippen LogP contribution in [-0.2, 0) is 16.9 Å². The number of hydrogen-bond donors (Lipinski definition) is 0. The highest BCUT2D eigenvalue weighted by molar-refractivity contribution is 7.98. The lowest BCUT2D eigenvalue weighted by Crippen LogP contribution is -2.48. The van der Waals surface area contributed by atoms with Gasteiger partial charge in [0.25, 0.3) is 5.91 Å². The van der Waals surface area contributed by atoms with Gasteiger partial charge in [-0.05, 0) is 31.5 Å². The minimum absolute atomic E-state index is 0.000874. The molecule has 9 heteroatoms. The zero-order valence-corrected chi connectivity index (χ0v) is 20.5. The summed E-state index contributed by atoms with van der Waals surface area (Å²) in [5, 5.41) is 9.67. The summed E-state index contributed by atoms with van der Waals surface area (Å²) in [6, 6.07) is 20.3. The van der Waals surface area contributed by atoms with Crippen molar-refractivity contribution in [3.63, 3.8) is 0 Å². The van der Waals surface area contributed by atoms with Crippen LogP contribution >= 0.6 is 11.8 Å². The summed E-state index contributed by atoms with van der Waals surface area (Å²) < 4.78 is 13.4. The van der Waals surface area contributed by atoms with Crippen molar-refractivity contribution in [3.05, 3.63) is 89.9 Å². The topological polar surface area (TPSA) is 86.3 Å². The predicted octanol–water partition coefficient (Wildman–Crippen LogP) is 4.39. The second-order valence-corrected chi connectivity index (χ2v) is 9.56. The maximum Gasteiger partial charge on any atom is 0.275 e. The monoisotopic (exact) mass is 489 g/mol. The molecule has 5 rings (SSSR count). The molecule has 1 saturated heterocycles. The Morgan fingerprint density at radius 3 is 2.40 bits per heavy atom. The first kappa shape index (κ1) is 23.3. The highest BCUT2D eigenvalue weighted by Gasteiger charge is 2.28. The first-order chi connectivity index (χ1) is 17.1. The van der Waals surface area contributed by atoms with Crippen LogP contribution in [0.25, 0.3) is 5.69 Å². The number of hydrogen-bond acceptors (Lipinski definition) is 7. The molecule has 35 heavy (non-hydrogen) atoms. The van der Waals surface area contributed by atoms with Crippen LogP contribution in [-0.4, -0.2) is 55.9 Å². The highest BCUT2D eigenvalue weighted by atomic mass is 32.2. The van der Waals surface area contributed by atoms with Gasteiger partial charge in [0.05, 0.1) is 18.0 Å². The van der Waals surface area contributed by atoms with Crippen LogP contribution in [0.4, 0.5) is 0 Å². The molecule has 2 aromatic heterocycles. The Kier molecular flexibility index (Phi) is 6.96. The summed E-state index contributed by atoms with van der Waals surface area (Å²) in [4.78, 5) is 19.1. The summed E-state index contributed by atoms with van der Waals surface area (Å²) >= 11 is 1.48. The van der Waals surface area contributed by atoms with E-state index in [1.165, 1.54) is 18.0 Å². The summed E-state index contributed by atoms with van der Waals surface area (Å²) in [5.41, 5.74) is 2.47. The molecule has 0 bridgehead atoms. The summed E-state index contributed by atoms with van der Waals surface area (Å²) in [6.45, 7) is 5.03. The van der Waals surface area contributed by atoms with Crippen molar-refractivity contribution in [2.45, 2.75) is 43.4 Å². The van der Waals surface area contributed by atoms with Crippen molar-refractivity contribution in [1.29, 1.82) is 0 Å². The molecule has 8 nitrogen and oxygen atoms in total. The first-order valence-electron chi connectivity index (χ1n) is 11.6. The van der Waals surface area contributed by atoms with Crippen molar-refractivity contribution < 1.29 is 13.9 Å². The SMILES string of the molecule is CC1CN(C(=O)c2coc(CSc3nnc(Cc4ccccc4)n3-c3ccccc3)n2)CC(C)O1. The second kappa shape index (κ2) is 10.5. The molecule has 1 aliphatic rings. The van der Waals surface area contributed by atoms with Crippen LogP contribution in [0.1, 0.15) is 41.6 Å². The number of oxazole rings is 1. The van der Waals surface area contributed by atoms with Gasteiger partial charge >= 0.3 is 0 Å². The van der Waals surface area contributed by atoms with Crippen molar-refractivity contribution in [1.82, 2.24) is 24.6 Å². The zero-order chi connectivity index (χ0) is 24.2. The third kappa shape index (κ3) is 5.47. The fraction of sp³-hybridized carbons (Fsp3) is 0.308. The largest absolute Gasteiger partial charge is 0.447 e. The fourth-order valence-electron chi connectivity index (χ4n) is 4.23. The lowest BCUT2D eigenvalue weighted by molar-refractivity contribution is -0.0587. The average molecular weight is 490 g/mol. The molecule has 0 N–H and O–H groups in total.